The molecule has 0 radical (unpaired) electrons. The van der Waals surface area contributed by atoms with Crippen LogP contribution in [0.5, 0.6) is 0 Å². The van der Waals surface area contributed by atoms with Crippen LogP contribution in [0.3, 0.4) is 0 Å². The molecular formula is C19H20N4O2. The van der Waals surface area contributed by atoms with E-state index in [0.717, 1.165) is 43.1 Å². The van der Waals surface area contributed by atoms with Crippen molar-refractivity contribution in [3.63, 3.8) is 0 Å². The van der Waals surface area contributed by atoms with Crippen molar-refractivity contribution < 1.29 is 4.42 Å². The van der Waals surface area contributed by atoms with Crippen molar-refractivity contribution in [1.29, 1.82) is 0 Å². The first-order valence-corrected chi connectivity index (χ1v) is 8.43. The smallest absolute Gasteiger partial charge is 0.347 e. The van der Waals surface area contributed by atoms with E-state index in [-0.39, 0.29) is 5.63 Å². The van der Waals surface area contributed by atoms with Gasteiger partial charge in [-0.3, -0.25) is 0 Å². The average Bonchev–Trinajstić information content (AvgIpc) is 2.62. The fourth-order valence-electron chi connectivity index (χ4n) is 3.23. The number of nitrogens with zero attached hydrogens (tertiary/aromatic N) is 4. The van der Waals surface area contributed by atoms with Gasteiger partial charge in [-0.05, 0) is 37.7 Å². The third-order valence-corrected chi connectivity index (χ3v) is 4.69. The summed E-state index contributed by atoms with van der Waals surface area (Å²) >= 11 is 0. The lowest BCUT2D eigenvalue weighted by atomic mass is 10.1. The van der Waals surface area contributed by atoms with Crippen molar-refractivity contribution in [2.75, 3.05) is 38.1 Å². The summed E-state index contributed by atoms with van der Waals surface area (Å²) in [4.78, 5) is 26.1. The number of likely N-dealkylation sites (N-methyl/N-ethyl adjacent to an activating group) is 1. The molecule has 6 nitrogen and oxygen atoms in total. The SMILES string of the molecule is Cc1cccc2nc(-c3cccnc3N3CCN(C)CC3)oc(=O)c12. The summed E-state index contributed by atoms with van der Waals surface area (Å²) in [5.74, 6) is 1.14. The first-order chi connectivity index (χ1) is 12.1. The van der Waals surface area contributed by atoms with Crippen LogP contribution in [0.15, 0.2) is 45.7 Å². The average molecular weight is 336 g/mol. The van der Waals surface area contributed by atoms with Gasteiger partial charge in [-0.1, -0.05) is 12.1 Å². The summed E-state index contributed by atoms with van der Waals surface area (Å²) in [5.41, 5.74) is 1.93. The molecule has 0 amide bonds. The predicted molar refractivity (Wildman–Crippen MR) is 98.0 cm³/mol. The van der Waals surface area contributed by atoms with E-state index >= 15 is 0 Å². The Morgan fingerprint density at radius 1 is 1.08 bits per heavy atom. The second kappa shape index (κ2) is 6.29. The summed E-state index contributed by atoms with van der Waals surface area (Å²) in [7, 11) is 2.11. The fraction of sp³-hybridized carbons (Fsp3) is 0.316. The third kappa shape index (κ3) is 2.89. The normalized spacial score (nSPS) is 15.7. The number of benzene rings is 1. The Morgan fingerprint density at radius 2 is 1.88 bits per heavy atom. The van der Waals surface area contributed by atoms with Crippen molar-refractivity contribution in [2.24, 2.45) is 0 Å². The lowest BCUT2D eigenvalue weighted by Gasteiger charge is -2.33. The molecule has 1 aromatic carbocycles. The minimum Gasteiger partial charge on any atom is -0.403 e. The Bertz CT molecular complexity index is 975. The topological polar surface area (TPSA) is 62.5 Å². The molecule has 1 aliphatic heterocycles. The van der Waals surface area contributed by atoms with Gasteiger partial charge < -0.3 is 14.2 Å². The molecule has 3 heterocycles. The number of aryl methyl sites for hydroxylation is 1. The van der Waals surface area contributed by atoms with Crippen LogP contribution in [0.2, 0.25) is 0 Å². The zero-order chi connectivity index (χ0) is 17.4. The van der Waals surface area contributed by atoms with E-state index in [1.54, 1.807) is 6.20 Å². The highest BCUT2D eigenvalue weighted by Gasteiger charge is 2.21. The van der Waals surface area contributed by atoms with E-state index in [1.165, 1.54) is 0 Å². The van der Waals surface area contributed by atoms with Crippen molar-refractivity contribution in [1.82, 2.24) is 14.9 Å². The van der Waals surface area contributed by atoms with Gasteiger partial charge in [-0.2, -0.15) is 0 Å². The minimum absolute atomic E-state index is 0.324. The monoisotopic (exact) mass is 336 g/mol. The fourth-order valence-corrected chi connectivity index (χ4v) is 3.23. The highest BCUT2D eigenvalue weighted by molar-refractivity contribution is 5.82. The lowest BCUT2D eigenvalue weighted by molar-refractivity contribution is 0.312. The second-order valence-electron chi connectivity index (χ2n) is 6.44. The molecule has 25 heavy (non-hydrogen) atoms. The molecule has 0 spiro atoms. The van der Waals surface area contributed by atoms with Gasteiger partial charge in [0.25, 0.3) is 0 Å². The standard InChI is InChI=1S/C19H20N4O2/c1-13-5-3-7-15-16(13)19(24)25-18(21-15)14-6-4-8-20-17(14)23-11-9-22(2)10-12-23/h3-8H,9-12H2,1-2H3. The quantitative estimate of drug-likeness (QED) is 0.716. The summed E-state index contributed by atoms with van der Waals surface area (Å²) < 4.78 is 5.57. The third-order valence-electron chi connectivity index (χ3n) is 4.69. The molecule has 0 unspecified atom stereocenters. The van der Waals surface area contributed by atoms with Crippen molar-refractivity contribution in [3.05, 3.63) is 52.5 Å². The van der Waals surface area contributed by atoms with Crippen LogP contribution in [-0.4, -0.2) is 48.1 Å². The van der Waals surface area contributed by atoms with Crippen molar-refractivity contribution >= 4 is 16.7 Å². The van der Waals surface area contributed by atoms with Gasteiger partial charge in [0, 0.05) is 32.4 Å². The lowest BCUT2D eigenvalue weighted by Crippen LogP contribution is -2.45. The first kappa shape index (κ1) is 15.8. The van der Waals surface area contributed by atoms with E-state index in [9.17, 15) is 4.79 Å². The Hall–Kier alpha value is -2.73. The molecule has 4 rings (SSSR count). The number of aromatic nitrogens is 2. The molecular weight excluding hydrogens is 316 g/mol. The maximum Gasteiger partial charge on any atom is 0.347 e. The number of anilines is 1. The Labute approximate surface area is 145 Å². The summed E-state index contributed by atoms with van der Waals surface area (Å²) in [6, 6.07) is 9.39. The summed E-state index contributed by atoms with van der Waals surface area (Å²) in [6.07, 6.45) is 1.76. The second-order valence-corrected chi connectivity index (χ2v) is 6.44. The van der Waals surface area contributed by atoms with Gasteiger partial charge in [-0.15, -0.1) is 0 Å². The highest BCUT2D eigenvalue weighted by Crippen LogP contribution is 2.28. The van der Waals surface area contributed by atoms with E-state index in [0.29, 0.717) is 16.8 Å². The van der Waals surface area contributed by atoms with Crippen molar-refractivity contribution in [2.45, 2.75) is 6.92 Å². The molecule has 1 aliphatic rings. The Kier molecular flexibility index (Phi) is 3.97. The molecule has 0 saturated carbocycles. The van der Waals surface area contributed by atoms with Crippen LogP contribution in [-0.2, 0) is 0 Å². The van der Waals surface area contributed by atoms with Gasteiger partial charge in [0.15, 0.2) is 0 Å². The largest absolute Gasteiger partial charge is 0.403 e. The van der Waals surface area contributed by atoms with Crippen LogP contribution >= 0.6 is 0 Å². The molecule has 1 fully saturated rings. The molecule has 0 atom stereocenters. The maximum absolute atomic E-state index is 12.5. The van der Waals surface area contributed by atoms with E-state index in [2.05, 4.69) is 26.8 Å². The maximum atomic E-state index is 12.5. The van der Waals surface area contributed by atoms with Crippen molar-refractivity contribution in [3.8, 4) is 11.5 Å². The van der Waals surface area contributed by atoms with Crippen LogP contribution in [0, 0.1) is 6.92 Å². The van der Waals surface area contributed by atoms with Gasteiger partial charge >= 0.3 is 5.63 Å². The number of fused-ring (bicyclic) bond motifs is 1. The molecule has 0 aliphatic carbocycles. The number of hydrogen-bond donors (Lipinski definition) is 0. The molecule has 0 bridgehead atoms. The van der Waals surface area contributed by atoms with Gasteiger partial charge in [0.1, 0.15) is 5.82 Å². The highest BCUT2D eigenvalue weighted by atomic mass is 16.4. The van der Waals surface area contributed by atoms with Crippen LogP contribution < -0.4 is 10.5 Å². The van der Waals surface area contributed by atoms with Crippen LogP contribution in [0.4, 0.5) is 5.82 Å². The van der Waals surface area contributed by atoms with E-state index in [4.69, 9.17) is 4.42 Å². The molecule has 0 N–H and O–H groups in total. The van der Waals surface area contributed by atoms with Crippen LogP contribution in [0.1, 0.15) is 5.56 Å². The number of pyridine rings is 1. The predicted octanol–water partition coefficient (Wildman–Crippen LogP) is 2.31. The molecule has 128 valence electrons. The number of rotatable bonds is 2. The first-order valence-electron chi connectivity index (χ1n) is 8.43. The zero-order valence-electron chi connectivity index (χ0n) is 14.4. The Morgan fingerprint density at radius 3 is 2.68 bits per heavy atom. The molecule has 2 aromatic heterocycles. The molecule has 3 aromatic rings. The van der Waals surface area contributed by atoms with Gasteiger partial charge in [0.2, 0.25) is 5.89 Å². The Balaban J connectivity index is 1.83. The van der Waals surface area contributed by atoms with Gasteiger partial charge in [0.05, 0.1) is 16.5 Å². The van der Waals surface area contributed by atoms with E-state index < -0.39 is 0 Å². The summed E-state index contributed by atoms with van der Waals surface area (Å²) in [5, 5.41) is 0.538. The van der Waals surface area contributed by atoms with E-state index in [1.807, 2.05) is 37.3 Å². The van der Waals surface area contributed by atoms with Crippen LogP contribution in [0.25, 0.3) is 22.4 Å². The number of piperazine rings is 1. The minimum atomic E-state index is -0.355. The molecule has 6 heteroatoms. The number of hydrogen-bond acceptors (Lipinski definition) is 6. The van der Waals surface area contributed by atoms with Gasteiger partial charge in [-0.25, -0.2) is 14.8 Å². The summed E-state index contributed by atoms with van der Waals surface area (Å²) in [6.45, 7) is 5.61. The molecule has 1 saturated heterocycles. The zero-order valence-corrected chi connectivity index (χ0v) is 14.4.